The van der Waals surface area contributed by atoms with Gasteiger partial charge in [0, 0.05) is 25.3 Å². The second kappa shape index (κ2) is 7.01. The lowest BCUT2D eigenvalue weighted by atomic mass is 10.1. The molecular weight excluding hydrogens is 238 g/mol. The van der Waals surface area contributed by atoms with Gasteiger partial charge < -0.3 is 5.32 Å². The van der Waals surface area contributed by atoms with Crippen molar-refractivity contribution in [2.75, 3.05) is 20.1 Å². The van der Waals surface area contributed by atoms with Crippen LogP contribution in [0.5, 0.6) is 0 Å². The molecule has 0 bridgehead atoms. The van der Waals surface area contributed by atoms with E-state index in [0.29, 0.717) is 0 Å². The van der Waals surface area contributed by atoms with Crippen molar-refractivity contribution in [2.24, 2.45) is 5.92 Å². The minimum atomic E-state index is 0.787. The van der Waals surface area contributed by atoms with Gasteiger partial charge in [0.15, 0.2) is 0 Å². The van der Waals surface area contributed by atoms with E-state index in [1.165, 1.54) is 25.8 Å². The Morgan fingerprint density at radius 2 is 2.21 bits per heavy atom. The zero-order chi connectivity index (χ0) is 13.7. The Labute approximate surface area is 116 Å². The average Bonchev–Trinajstić information content (AvgIpc) is 3.11. The van der Waals surface area contributed by atoms with Gasteiger partial charge in [-0.05, 0) is 38.8 Å². The highest BCUT2D eigenvalue weighted by Gasteiger charge is 2.28. The van der Waals surface area contributed by atoms with Gasteiger partial charge in [-0.3, -0.25) is 9.58 Å². The van der Waals surface area contributed by atoms with Crippen LogP contribution >= 0.6 is 0 Å². The van der Waals surface area contributed by atoms with E-state index in [1.807, 2.05) is 17.9 Å². The van der Waals surface area contributed by atoms with Crippen molar-refractivity contribution in [1.29, 1.82) is 0 Å². The molecule has 1 N–H and O–H groups in total. The van der Waals surface area contributed by atoms with Gasteiger partial charge in [-0.25, -0.2) is 0 Å². The van der Waals surface area contributed by atoms with Crippen molar-refractivity contribution in [3.05, 3.63) is 11.9 Å². The van der Waals surface area contributed by atoms with E-state index >= 15 is 0 Å². The number of nitrogens with one attached hydrogen (secondary N) is 1. The van der Waals surface area contributed by atoms with Crippen molar-refractivity contribution in [3.8, 4) is 0 Å². The Morgan fingerprint density at radius 3 is 2.84 bits per heavy atom. The lowest BCUT2D eigenvalue weighted by molar-refractivity contribution is 0.234. The molecule has 0 atom stereocenters. The first-order chi connectivity index (χ1) is 9.19. The summed E-state index contributed by atoms with van der Waals surface area (Å²) in [5.74, 6) is 0.787. The average molecular weight is 265 g/mol. The SMILES string of the molecule is CNCc1cn(CCN(CCC(C)C)C2CC2)nn1. The fourth-order valence-corrected chi connectivity index (χ4v) is 2.28. The van der Waals surface area contributed by atoms with Crippen molar-refractivity contribution in [1.82, 2.24) is 25.2 Å². The van der Waals surface area contributed by atoms with Crippen LogP contribution in [0.3, 0.4) is 0 Å². The molecule has 0 unspecified atom stereocenters. The quantitative estimate of drug-likeness (QED) is 0.735. The maximum absolute atomic E-state index is 4.18. The smallest absolute Gasteiger partial charge is 0.0964 e. The first-order valence-corrected chi connectivity index (χ1v) is 7.46. The summed E-state index contributed by atoms with van der Waals surface area (Å²) in [7, 11) is 1.93. The topological polar surface area (TPSA) is 46.0 Å². The summed E-state index contributed by atoms with van der Waals surface area (Å²) in [5.41, 5.74) is 1.02. The molecule has 0 spiro atoms. The highest BCUT2D eigenvalue weighted by Crippen LogP contribution is 2.27. The highest BCUT2D eigenvalue weighted by atomic mass is 15.4. The van der Waals surface area contributed by atoms with E-state index in [2.05, 4.69) is 34.4 Å². The molecule has 0 saturated heterocycles. The van der Waals surface area contributed by atoms with Gasteiger partial charge in [0.1, 0.15) is 0 Å². The monoisotopic (exact) mass is 265 g/mol. The molecule has 5 heteroatoms. The summed E-state index contributed by atoms with van der Waals surface area (Å²) in [5, 5.41) is 11.4. The molecule has 1 aromatic rings. The molecule has 0 amide bonds. The van der Waals surface area contributed by atoms with Crippen LogP contribution < -0.4 is 5.32 Å². The van der Waals surface area contributed by atoms with Crippen LogP contribution in [0.2, 0.25) is 0 Å². The van der Waals surface area contributed by atoms with E-state index in [9.17, 15) is 0 Å². The van der Waals surface area contributed by atoms with Gasteiger partial charge in [-0.15, -0.1) is 5.10 Å². The third kappa shape index (κ3) is 4.91. The first kappa shape index (κ1) is 14.5. The van der Waals surface area contributed by atoms with Crippen molar-refractivity contribution < 1.29 is 0 Å². The molecule has 0 aromatic carbocycles. The van der Waals surface area contributed by atoms with Gasteiger partial charge in [-0.1, -0.05) is 19.1 Å². The number of aromatic nitrogens is 3. The second-order valence-corrected chi connectivity index (χ2v) is 5.95. The molecule has 108 valence electrons. The Morgan fingerprint density at radius 1 is 1.42 bits per heavy atom. The predicted octanol–water partition coefficient (Wildman–Crippen LogP) is 1.51. The Balaban J connectivity index is 1.77. The van der Waals surface area contributed by atoms with Crippen LogP contribution in [0.4, 0.5) is 0 Å². The molecule has 1 aliphatic carbocycles. The van der Waals surface area contributed by atoms with Crippen LogP contribution in [0, 0.1) is 5.92 Å². The maximum Gasteiger partial charge on any atom is 0.0964 e. The first-order valence-electron chi connectivity index (χ1n) is 7.46. The minimum Gasteiger partial charge on any atom is -0.314 e. The molecular formula is C14H27N5. The normalized spacial score (nSPS) is 15.6. The van der Waals surface area contributed by atoms with Crippen LogP contribution in [-0.2, 0) is 13.1 Å². The minimum absolute atomic E-state index is 0.787. The van der Waals surface area contributed by atoms with Gasteiger partial charge in [0.2, 0.25) is 0 Å². The van der Waals surface area contributed by atoms with E-state index < -0.39 is 0 Å². The molecule has 1 saturated carbocycles. The van der Waals surface area contributed by atoms with E-state index in [1.54, 1.807) is 0 Å². The van der Waals surface area contributed by atoms with Crippen LogP contribution in [-0.4, -0.2) is 46.1 Å². The Kier molecular flexibility index (Phi) is 5.34. The third-order valence-corrected chi connectivity index (χ3v) is 3.62. The highest BCUT2D eigenvalue weighted by molar-refractivity contribution is 4.91. The Bertz CT molecular complexity index is 370. The largest absolute Gasteiger partial charge is 0.314 e. The van der Waals surface area contributed by atoms with Crippen molar-refractivity contribution >= 4 is 0 Å². The Hall–Kier alpha value is -0.940. The number of rotatable bonds is 9. The fourth-order valence-electron chi connectivity index (χ4n) is 2.28. The summed E-state index contributed by atoms with van der Waals surface area (Å²) in [6.45, 7) is 8.66. The standard InChI is InChI=1S/C14H27N5/c1-12(2)6-7-18(14-4-5-14)8-9-19-11-13(10-15-3)16-17-19/h11-12,14-15H,4-10H2,1-3H3. The summed E-state index contributed by atoms with van der Waals surface area (Å²) in [6, 6.07) is 0.832. The van der Waals surface area contributed by atoms with Crippen molar-refractivity contribution in [2.45, 2.75) is 52.2 Å². The van der Waals surface area contributed by atoms with Gasteiger partial charge in [0.25, 0.3) is 0 Å². The molecule has 1 heterocycles. The van der Waals surface area contributed by atoms with Gasteiger partial charge in [-0.2, -0.15) is 0 Å². The second-order valence-electron chi connectivity index (χ2n) is 5.95. The maximum atomic E-state index is 4.18. The van der Waals surface area contributed by atoms with E-state index in [0.717, 1.165) is 37.3 Å². The molecule has 0 aliphatic heterocycles. The molecule has 19 heavy (non-hydrogen) atoms. The molecule has 2 rings (SSSR count). The summed E-state index contributed by atoms with van der Waals surface area (Å²) in [6.07, 6.45) is 6.09. The molecule has 5 nitrogen and oxygen atoms in total. The zero-order valence-corrected chi connectivity index (χ0v) is 12.5. The lowest BCUT2D eigenvalue weighted by Gasteiger charge is -2.22. The van der Waals surface area contributed by atoms with Crippen LogP contribution in [0.25, 0.3) is 0 Å². The fraction of sp³-hybridized carbons (Fsp3) is 0.857. The van der Waals surface area contributed by atoms with E-state index in [4.69, 9.17) is 0 Å². The molecule has 1 aliphatic rings. The van der Waals surface area contributed by atoms with Gasteiger partial charge in [0.05, 0.1) is 12.2 Å². The third-order valence-electron chi connectivity index (χ3n) is 3.62. The van der Waals surface area contributed by atoms with Gasteiger partial charge >= 0.3 is 0 Å². The van der Waals surface area contributed by atoms with Crippen LogP contribution in [0.1, 0.15) is 38.8 Å². The molecule has 1 aromatic heterocycles. The summed E-state index contributed by atoms with van der Waals surface area (Å²) >= 11 is 0. The van der Waals surface area contributed by atoms with Crippen LogP contribution in [0.15, 0.2) is 6.20 Å². The predicted molar refractivity (Wildman–Crippen MR) is 76.8 cm³/mol. The lowest BCUT2D eigenvalue weighted by Crippen LogP contribution is -2.31. The zero-order valence-electron chi connectivity index (χ0n) is 12.5. The number of hydrogen-bond acceptors (Lipinski definition) is 4. The molecule has 1 fully saturated rings. The summed E-state index contributed by atoms with van der Waals surface area (Å²) < 4.78 is 1.97. The summed E-state index contributed by atoms with van der Waals surface area (Å²) in [4.78, 5) is 2.62. The number of hydrogen-bond donors (Lipinski definition) is 1. The van der Waals surface area contributed by atoms with E-state index in [-0.39, 0.29) is 0 Å². The number of nitrogens with zero attached hydrogens (tertiary/aromatic N) is 4. The molecule has 0 radical (unpaired) electrons. The van der Waals surface area contributed by atoms with Crippen molar-refractivity contribution in [3.63, 3.8) is 0 Å².